The van der Waals surface area contributed by atoms with Gasteiger partial charge in [0.25, 0.3) is 0 Å². The van der Waals surface area contributed by atoms with Gasteiger partial charge in [-0.1, -0.05) is 24.4 Å². The Morgan fingerprint density at radius 3 is 2.61 bits per heavy atom. The van der Waals surface area contributed by atoms with Crippen LogP contribution in [0.15, 0.2) is 21.5 Å². The minimum Gasteiger partial charge on any atom is -0.506 e. The van der Waals surface area contributed by atoms with E-state index >= 15 is 0 Å². The van der Waals surface area contributed by atoms with Crippen molar-refractivity contribution in [2.24, 2.45) is 0 Å². The fourth-order valence-electron chi connectivity index (χ4n) is 4.29. The third-order valence-electron chi connectivity index (χ3n) is 6.18. The first-order chi connectivity index (χ1) is 14.9. The Kier molecular flexibility index (Phi) is 6.06. The van der Waals surface area contributed by atoms with E-state index < -0.39 is 5.76 Å². The standard InChI is InChI=1S/C23H28N4O4/c1-13-14(2)22(30-12-20-26-23(29)31-27-20)24-15(3)18(13)11-17-9-10-19(28)21(25-17)16-7-5-4-6-8-16/h9-10,16,28H,4-8,11-12H2,1-3H3,(H,26,27,29). The summed E-state index contributed by atoms with van der Waals surface area (Å²) in [5.41, 5.74) is 5.75. The van der Waals surface area contributed by atoms with E-state index in [0.717, 1.165) is 46.6 Å². The van der Waals surface area contributed by atoms with E-state index in [9.17, 15) is 9.90 Å². The van der Waals surface area contributed by atoms with Gasteiger partial charge < -0.3 is 9.84 Å². The van der Waals surface area contributed by atoms with Crippen LogP contribution in [0, 0.1) is 20.8 Å². The van der Waals surface area contributed by atoms with Crippen molar-refractivity contribution in [2.75, 3.05) is 0 Å². The summed E-state index contributed by atoms with van der Waals surface area (Å²) in [4.78, 5) is 23.0. The number of aromatic nitrogens is 4. The smallest absolute Gasteiger partial charge is 0.439 e. The van der Waals surface area contributed by atoms with Crippen LogP contribution in [-0.2, 0) is 13.0 Å². The molecule has 0 bridgehead atoms. The first-order valence-corrected chi connectivity index (χ1v) is 10.8. The maximum atomic E-state index is 11.1. The number of hydrogen-bond donors (Lipinski definition) is 2. The maximum Gasteiger partial charge on any atom is 0.439 e. The van der Waals surface area contributed by atoms with E-state index in [1.165, 1.54) is 19.3 Å². The summed E-state index contributed by atoms with van der Waals surface area (Å²) in [6.07, 6.45) is 6.48. The van der Waals surface area contributed by atoms with Crippen molar-refractivity contribution in [3.8, 4) is 11.6 Å². The molecule has 0 saturated heterocycles. The van der Waals surface area contributed by atoms with Crippen molar-refractivity contribution in [2.45, 2.75) is 71.8 Å². The Balaban J connectivity index is 1.56. The maximum absolute atomic E-state index is 11.1. The molecule has 0 unspecified atom stereocenters. The lowest BCUT2D eigenvalue weighted by molar-refractivity contribution is 0.272. The average molecular weight is 425 g/mol. The second-order valence-corrected chi connectivity index (χ2v) is 8.28. The summed E-state index contributed by atoms with van der Waals surface area (Å²) in [6, 6.07) is 3.66. The number of hydrogen-bond acceptors (Lipinski definition) is 7. The summed E-state index contributed by atoms with van der Waals surface area (Å²) in [5, 5.41) is 14.0. The van der Waals surface area contributed by atoms with E-state index in [1.54, 1.807) is 6.07 Å². The lowest BCUT2D eigenvalue weighted by atomic mass is 9.86. The minimum absolute atomic E-state index is 0.0715. The lowest BCUT2D eigenvalue weighted by Crippen LogP contribution is -2.10. The number of pyridine rings is 2. The summed E-state index contributed by atoms with van der Waals surface area (Å²) in [5.74, 6) is 0.848. The molecule has 4 rings (SSSR count). The van der Waals surface area contributed by atoms with Gasteiger partial charge in [-0.15, -0.1) is 0 Å². The Morgan fingerprint density at radius 1 is 1.13 bits per heavy atom. The quantitative estimate of drug-likeness (QED) is 0.615. The van der Waals surface area contributed by atoms with Gasteiger partial charge in [-0.3, -0.25) is 14.5 Å². The van der Waals surface area contributed by atoms with Gasteiger partial charge in [0, 0.05) is 29.3 Å². The van der Waals surface area contributed by atoms with E-state index in [2.05, 4.69) is 19.6 Å². The van der Waals surface area contributed by atoms with Gasteiger partial charge in [-0.05, 0) is 56.9 Å². The van der Waals surface area contributed by atoms with Crippen LogP contribution in [-0.4, -0.2) is 25.2 Å². The molecule has 164 valence electrons. The fourth-order valence-corrected chi connectivity index (χ4v) is 4.29. The molecule has 8 heteroatoms. The number of nitrogens with zero attached hydrogens (tertiary/aromatic N) is 3. The van der Waals surface area contributed by atoms with Crippen molar-refractivity contribution in [3.05, 3.63) is 62.3 Å². The number of ether oxygens (including phenoxy) is 1. The van der Waals surface area contributed by atoms with E-state index in [0.29, 0.717) is 29.8 Å². The van der Waals surface area contributed by atoms with Gasteiger partial charge >= 0.3 is 5.76 Å². The summed E-state index contributed by atoms with van der Waals surface area (Å²) < 4.78 is 10.3. The van der Waals surface area contributed by atoms with Gasteiger partial charge in [0.1, 0.15) is 5.75 Å². The fraction of sp³-hybridized carbons (Fsp3) is 0.478. The first kappa shape index (κ1) is 21.1. The number of aromatic hydroxyl groups is 1. The molecule has 0 amide bonds. The van der Waals surface area contributed by atoms with E-state index in [4.69, 9.17) is 9.72 Å². The predicted molar refractivity (Wildman–Crippen MR) is 114 cm³/mol. The van der Waals surface area contributed by atoms with Gasteiger partial charge in [-0.2, -0.15) is 0 Å². The summed E-state index contributed by atoms with van der Waals surface area (Å²) in [6.45, 7) is 6.04. The van der Waals surface area contributed by atoms with Crippen LogP contribution in [0.1, 0.15) is 77.6 Å². The molecule has 0 spiro atoms. The molecule has 1 fully saturated rings. The van der Waals surface area contributed by atoms with E-state index in [-0.39, 0.29) is 6.61 Å². The van der Waals surface area contributed by atoms with Crippen LogP contribution in [0.4, 0.5) is 0 Å². The van der Waals surface area contributed by atoms with Crippen molar-refractivity contribution < 1.29 is 14.4 Å². The third-order valence-corrected chi connectivity index (χ3v) is 6.18. The summed E-state index contributed by atoms with van der Waals surface area (Å²) >= 11 is 0. The highest BCUT2D eigenvalue weighted by atomic mass is 16.5. The number of nitrogens with one attached hydrogen (secondary N) is 1. The molecule has 2 N–H and O–H groups in total. The monoisotopic (exact) mass is 424 g/mol. The van der Waals surface area contributed by atoms with E-state index in [1.807, 2.05) is 26.8 Å². The van der Waals surface area contributed by atoms with Crippen LogP contribution in [0.3, 0.4) is 0 Å². The average Bonchev–Trinajstić information content (AvgIpc) is 3.19. The van der Waals surface area contributed by atoms with Crippen LogP contribution >= 0.6 is 0 Å². The van der Waals surface area contributed by atoms with Gasteiger partial charge in [-0.25, -0.2) is 9.78 Å². The first-order valence-electron chi connectivity index (χ1n) is 10.8. The zero-order valence-corrected chi connectivity index (χ0v) is 18.2. The molecular weight excluding hydrogens is 396 g/mol. The minimum atomic E-state index is -0.611. The number of H-pyrrole nitrogens is 1. The van der Waals surface area contributed by atoms with Crippen molar-refractivity contribution >= 4 is 0 Å². The third kappa shape index (κ3) is 4.62. The molecule has 1 saturated carbocycles. The molecular formula is C23H28N4O4. The van der Waals surface area contributed by atoms with Crippen LogP contribution in [0.25, 0.3) is 0 Å². The number of rotatable bonds is 6. The predicted octanol–water partition coefficient (Wildman–Crippen LogP) is 4.00. The second kappa shape index (κ2) is 8.91. The Bertz CT molecular complexity index is 1130. The normalized spacial score (nSPS) is 14.7. The van der Waals surface area contributed by atoms with Gasteiger partial charge in [0.15, 0.2) is 12.4 Å². The number of aryl methyl sites for hydroxylation is 1. The second-order valence-electron chi connectivity index (χ2n) is 8.28. The van der Waals surface area contributed by atoms with Crippen molar-refractivity contribution in [1.29, 1.82) is 0 Å². The Morgan fingerprint density at radius 2 is 1.90 bits per heavy atom. The van der Waals surface area contributed by atoms with Crippen molar-refractivity contribution in [3.63, 3.8) is 0 Å². The Hall–Kier alpha value is -3.16. The molecule has 3 aromatic rings. The topological polar surface area (TPSA) is 114 Å². The molecule has 0 aromatic carbocycles. The molecule has 3 heterocycles. The highest BCUT2D eigenvalue weighted by molar-refractivity contribution is 5.44. The molecule has 8 nitrogen and oxygen atoms in total. The van der Waals surface area contributed by atoms with Crippen molar-refractivity contribution in [1.82, 2.24) is 20.1 Å². The van der Waals surface area contributed by atoms with Gasteiger partial charge in [0.2, 0.25) is 5.88 Å². The zero-order valence-electron chi connectivity index (χ0n) is 18.2. The van der Waals surface area contributed by atoms with Crippen LogP contribution in [0.5, 0.6) is 11.6 Å². The SMILES string of the molecule is Cc1nc(OCc2noc(=O)[nH]2)c(C)c(C)c1Cc1ccc(O)c(C2CCCCC2)n1. The molecule has 0 atom stereocenters. The largest absolute Gasteiger partial charge is 0.506 e. The Labute approximate surface area is 180 Å². The summed E-state index contributed by atoms with van der Waals surface area (Å²) in [7, 11) is 0. The molecule has 0 aliphatic heterocycles. The molecule has 31 heavy (non-hydrogen) atoms. The zero-order chi connectivity index (χ0) is 22.0. The highest BCUT2D eigenvalue weighted by Gasteiger charge is 2.21. The lowest BCUT2D eigenvalue weighted by Gasteiger charge is -2.22. The van der Waals surface area contributed by atoms with Crippen LogP contribution < -0.4 is 10.5 Å². The number of aromatic amines is 1. The van der Waals surface area contributed by atoms with Gasteiger partial charge in [0.05, 0.1) is 5.69 Å². The van der Waals surface area contributed by atoms with Crippen LogP contribution in [0.2, 0.25) is 0 Å². The highest BCUT2D eigenvalue weighted by Crippen LogP contribution is 2.36. The molecule has 3 aromatic heterocycles. The molecule has 1 aliphatic rings. The molecule has 0 radical (unpaired) electrons. The molecule has 1 aliphatic carbocycles.